The Kier molecular flexibility index (Phi) is 4.83. The van der Waals surface area contributed by atoms with Gasteiger partial charge in [0, 0.05) is 18.6 Å². The van der Waals surface area contributed by atoms with Gasteiger partial charge in [0.25, 0.3) is 0 Å². The summed E-state index contributed by atoms with van der Waals surface area (Å²) in [5.41, 5.74) is 2.06. The molecule has 0 bridgehead atoms. The Morgan fingerprint density at radius 2 is 1.96 bits per heavy atom. The maximum atomic E-state index is 12.5. The van der Waals surface area contributed by atoms with Crippen molar-refractivity contribution < 1.29 is 9.53 Å². The second-order valence-corrected chi connectivity index (χ2v) is 7.07. The number of hydrogen-bond acceptors (Lipinski definition) is 3. The topological polar surface area (TPSA) is 56.1 Å². The predicted octanol–water partition coefficient (Wildman–Crippen LogP) is 4.04. The molecule has 2 heterocycles. The van der Waals surface area contributed by atoms with E-state index in [2.05, 4.69) is 11.4 Å². The van der Waals surface area contributed by atoms with Gasteiger partial charge in [0.05, 0.1) is 23.9 Å². The van der Waals surface area contributed by atoms with Crippen molar-refractivity contribution in [1.29, 1.82) is 0 Å². The molecule has 1 aliphatic heterocycles. The number of amides is 1. The number of rotatable bonds is 5. The number of ether oxygens (including phenoxy) is 1. The molecule has 1 atom stereocenters. The van der Waals surface area contributed by atoms with Crippen LogP contribution in [0.1, 0.15) is 56.6 Å². The first-order valence-electron chi connectivity index (χ1n) is 9.36. The molecular formula is C20H25N3O2. The predicted molar refractivity (Wildman–Crippen MR) is 97.0 cm³/mol. The van der Waals surface area contributed by atoms with E-state index >= 15 is 0 Å². The number of carbonyl (C=O) groups excluding carboxylic acids is 1. The molecule has 5 heteroatoms. The van der Waals surface area contributed by atoms with Crippen LogP contribution in [0, 0.1) is 0 Å². The molecular weight excluding hydrogens is 314 g/mol. The van der Waals surface area contributed by atoms with Crippen molar-refractivity contribution >= 4 is 11.7 Å². The van der Waals surface area contributed by atoms with Crippen LogP contribution < -0.4 is 5.32 Å². The molecule has 1 aromatic heterocycles. The summed E-state index contributed by atoms with van der Waals surface area (Å²) in [6, 6.07) is 12.0. The third-order valence-electron chi connectivity index (χ3n) is 5.21. The van der Waals surface area contributed by atoms with Crippen LogP contribution in [0.5, 0.6) is 0 Å². The van der Waals surface area contributed by atoms with E-state index in [0.717, 1.165) is 36.6 Å². The van der Waals surface area contributed by atoms with Crippen molar-refractivity contribution in [3.8, 4) is 5.69 Å². The van der Waals surface area contributed by atoms with E-state index in [0.29, 0.717) is 12.3 Å². The first-order chi connectivity index (χ1) is 12.3. The van der Waals surface area contributed by atoms with Gasteiger partial charge in [-0.15, -0.1) is 0 Å². The summed E-state index contributed by atoms with van der Waals surface area (Å²) in [5.74, 6) is 1.27. The molecule has 1 aromatic carbocycles. The third kappa shape index (κ3) is 3.76. The van der Waals surface area contributed by atoms with Gasteiger partial charge in [-0.1, -0.05) is 31.0 Å². The van der Waals surface area contributed by atoms with Crippen LogP contribution in [-0.2, 0) is 9.53 Å². The number of nitrogens with one attached hydrogen (secondary N) is 1. The number of benzene rings is 1. The standard InChI is InChI=1S/C20H25N3O2/c24-20(13-17-11-6-12-25-17)21-19-14-18(15-7-4-5-8-15)22-23(19)16-9-2-1-3-10-16/h1-3,9-10,14-15,17H,4-8,11-13H2,(H,21,24). The zero-order chi connectivity index (χ0) is 17.1. The molecule has 1 saturated carbocycles. The largest absolute Gasteiger partial charge is 0.378 e. The van der Waals surface area contributed by atoms with Crippen molar-refractivity contribution in [2.45, 2.75) is 57.0 Å². The highest BCUT2D eigenvalue weighted by Crippen LogP contribution is 2.35. The normalized spacial score (nSPS) is 20.9. The monoisotopic (exact) mass is 339 g/mol. The summed E-state index contributed by atoms with van der Waals surface area (Å²) >= 11 is 0. The lowest BCUT2D eigenvalue weighted by atomic mass is 10.0. The average Bonchev–Trinajstić information content (AvgIpc) is 3.37. The van der Waals surface area contributed by atoms with Gasteiger partial charge < -0.3 is 10.1 Å². The number of carbonyl (C=O) groups is 1. The Labute approximate surface area is 148 Å². The van der Waals surface area contributed by atoms with E-state index in [1.807, 2.05) is 35.0 Å². The lowest BCUT2D eigenvalue weighted by Gasteiger charge is -2.11. The number of hydrogen-bond donors (Lipinski definition) is 1. The van der Waals surface area contributed by atoms with Crippen LogP contribution in [0.4, 0.5) is 5.82 Å². The molecule has 1 amide bonds. The van der Waals surface area contributed by atoms with Crippen LogP contribution in [-0.4, -0.2) is 28.4 Å². The fourth-order valence-electron chi connectivity index (χ4n) is 3.88. The van der Waals surface area contributed by atoms with Gasteiger partial charge in [-0.25, -0.2) is 4.68 Å². The summed E-state index contributed by atoms with van der Waals surface area (Å²) in [6.07, 6.45) is 7.41. The van der Waals surface area contributed by atoms with Gasteiger partial charge in [-0.05, 0) is 37.8 Å². The van der Waals surface area contributed by atoms with E-state index in [1.165, 1.54) is 25.7 Å². The second kappa shape index (κ2) is 7.40. The van der Waals surface area contributed by atoms with E-state index in [1.54, 1.807) is 0 Å². The Bertz CT molecular complexity index is 714. The Morgan fingerprint density at radius 3 is 2.68 bits per heavy atom. The Balaban J connectivity index is 1.56. The van der Waals surface area contributed by atoms with E-state index < -0.39 is 0 Å². The Hall–Kier alpha value is -2.14. The number of anilines is 1. The lowest BCUT2D eigenvalue weighted by molar-refractivity contribution is -0.118. The van der Waals surface area contributed by atoms with E-state index in [4.69, 9.17) is 9.84 Å². The van der Waals surface area contributed by atoms with Gasteiger partial charge in [0.2, 0.25) is 5.91 Å². The molecule has 2 aromatic rings. The smallest absolute Gasteiger partial charge is 0.228 e. The van der Waals surface area contributed by atoms with E-state index in [-0.39, 0.29) is 12.0 Å². The minimum absolute atomic E-state index is 0.00181. The highest BCUT2D eigenvalue weighted by Gasteiger charge is 2.24. The number of nitrogens with zero attached hydrogens (tertiary/aromatic N) is 2. The van der Waals surface area contributed by atoms with Gasteiger partial charge in [0.15, 0.2) is 0 Å². The maximum absolute atomic E-state index is 12.5. The molecule has 0 radical (unpaired) electrons. The molecule has 1 unspecified atom stereocenters. The average molecular weight is 339 g/mol. The highest BCUT2D eigenvalue weighted by atomic mass is 16.5. The molecule has 4 rings (SSSR count). The third-order valence-corrected chi connectivity index (χ3v) is 5.21. The van der Waals surface area contributed by atoms with Gasteiger partial charge in [-0.2, -0.15) is 5.10 Å². The fraction of sp³-hybridized carbons (Fsp3) is 0.500. The summed E-state index contributed by atoms with van der Waals surface area (Å²) in [5, 5.41) is 7.88. The molecule has 1 N–H and O–H groups in total. The van der Waals surface area contributed by atoms with Crippen molar-refractivity contribution in [2.75, 3.05) is 11.9 Å². The van der Waals surface area contributed by atoms with Gasteiger partial charge in [-0.3, -0.25) is 4.79 Å². The highest BCUT2D eigenvalue weighted by molar-refractivity contribution is 5.90. The second-order valence-electron chi connectivity index (χ2n) is 7.07. The van der Waals surface area contributed by atoms with Crippen molar-refractivity contribution in [1.82, 2.24) is 9.78 Å². The molecule has 2 aliphatic rings. The first kappa shape index (κ1) is 16.3. The summed E-state index contributed by atoms with van der Waals surface area (Å²) in [4.78, 5) is 12.5. The van der Waals surface area contributed by atoms with Crippen LogP contribution in [0.25, 0.3) is 5.69 Å². The molecule has 1 aliphatic carbocycles. The molecule has 5 nitrogen and oxygen atoms in total. The Morgan fingerprint density at radius 1 is 1.16 bits per heavy atom. The van der Waals surface area contributed by atoms with Crippen LogP contribution in [0.15, 0.2) is 36.4 Å². The molecule has 25 heavy (non-hydrogen) atoms. The lowest BCUT2D eigenvalue weighted by Crippen LogP contribution is -2.20. The van der Waals surface area contributed by atoms with Crippen LogP contribution in [0.2, 0.25) is 0 Å². The van der Waals surface area contributed by atoms with Crippen molar-refractivity contribution in [2.24, 2.45) is 0 Å². The molecule has 132 valence electrons. The minimum Gasteiger partial charge on any atom is -0.378 e. The van der Waals surface area contributed by atoms with Crippen LogP contribution in [0.3, 0.4) is 0 Å². The van der Waals surface area contributed by atoms with Crippen molar-refractivity contribution in [3.63, 3.8) is 0 Å². The molecule has 1 saturated heterocycles. The molecule has 0 spiro atoms. The SMILES string of the molecule is O=C(CC1CCCO1)Nc1cc(C2CCCC2)nn1-c1ccccc1. The summed E-state index contributed by atoms with van der Waals surface area (Å²) < 4.78 is 7.44. The quantitative estimate of drug-likeness (QED) is 0.894. The summed E-state index contributed by atoms with van der Waals surface area (Å²) in [7, 11) is 0. The minimum atomic E-state index is 0.00181. The number of para-hydroxylation sites is 1. The number of aromatic nitrogens is 2. The van der Waals surface area contributed by atoms with Gasteiger partial charge in [0.1, 0.15) is 5.82 Å². The molecule has 2 fully saturated rings. The zero-order valence-corrected chi connectivity index (χ0v) is 14.5. The van der Waals surface area contributed by atoms with E-state index in [9.17, 15) is 4.79 Å². The van der Waals surface area contributed by atoms with Gasteiger partial charge >= 0.3 is 0 Å². The van der Waals surface area contributed by atoms with Crippen LogP contribution >= 0.6 is 0 Å². The summed E-state index contributed by atoms with van der Waals surface area (Å²) in [6.45, 7) is 0.770. The first-order valence-corrected chi connectivity index (χ1v) is 9.36. The zero-order valence-electron chi connectivity index (χ0n) is 14.5. The maximum Gasteiger partial charge on any atom is 0.228 e. The fourth-order valence-corrected chi connectivity index (χ4v) is 3.88. The van der Waals surface area contributed by atoms with Crippen molar-refractivity contribution in [3.05, 3.63) is 42.1 Å².